The molecule has 2 aromatic rings. The maximum absolute atomic E-state index is 6.67. The van der Waals surface area contributed by atoms with Crippen molar-refractivity contribution in [3.63, 3.8) is 0 Å². The van der Waals surface area contributed by atoms with Crippen LogP contribution in [-0.2, 0) is 0 Å². The molecular formula is C18H16Cl2O3. The lowest BCUT2D eigenvalue weighted by molar-refractivity contribution is 0.354. The van der Waals surface area contributed by atoms with Crippen LogP contribution in [0.5, 0.6) is 17.2 Å². The zero-order valence-electron chi connectivity index (χ0n) is 13.0. The smallest absolute Gasteiger partial charge is 0.161 e. The van der Waals surface area contributed by atoms with Gasteiger partial charge in [-0.3, -0.25) is 0 Å². The molecule has 0 amide bonds. The van der Waals surface area contributed by atoms with Crippen LogP contribution in [0.15, 0.2) is 36.4 Å². The van der Waals surface area contributed by atoms with E-state index in [2.05, 4.69) is 0 Å². The van der Waals surface area contributed by atoms with E-state index >= 15 is 0 Å². The normalized spacial score (nSPS) is 16.3. The zero-order valence-corrected chi connectivity index (χ0v) is 14.5. The zero-order chi connectivity index (χ0) is 16.6. The maximum Gasteiger partial charge on any atom is 0.161 e. The van der Waals surface area contributed by atoms with E-state index in [1.54, 1.807) is 21.3 Å². The van der Waals surface area contributed by atoms with Gasteiger partial charge in [0, 0.05) is 11.1 Å². The quantitative estimate of drug-likeness (QED) is 0.716. The number of halogens is 2. The molecule has 0 spiro atoms. The van der Waals surface area contributed by atoms with Crippen LogP contribution in [0.1, 0.15) is 22.1 Å². The summed E-state index contributed by atoms with van der Waals surface area (Å²) in [5.41, 5.74) is 3.63. The average Bonchev–Trinajstić information content (AvgIpc) is 2.84. The van der Waals surface area contributed by atoms with Crippen LogP contribution in [0, 0.1) is 0 Å². The summed E-state index contributed by atoms with van der Waals surface area (Å²) in [5.74, 6) is 2.05. The van der Waals surface area contributed by atoms with Crippen LogP contribution in [0.4, 0.5) is 0 Å². The van der Waals surface area contributed by atoms with Crippen molar-refractivity contribution in [1.82, 2.24) is 0 Å². The van der Waals surface area contributed by atoms with Crippen molar-refractivity contribution in [2.24, 2.45) is 0 Å². The maximum atomic E-state index is 6.67. The van der Waals surface area contributed by atoms with Crippen molar-refractivity contribution in [2.75, 3.05) is 21.3 Å². The number of fused-ring (bicyclic) bond motifs is 1. The summed E-state index contributed by atoms with van der Waals surface area (Å²) in [6.07, 6.45) is 0. The standard InChI is InChI=1S/C18H16Cl2O3/c1-21-11-6-4-10(5-7-11)16-17(19)12-8-14(22-2)15(23-3)9-13(12)18(16)20/h4-9,17H,1-3H3. The van der Waals surface area contributed by atoms with Crippen molar-refractivity contribution in [2.45, 2.75) is 5.38 Å². The van der Waals surface area contributed by atoms with Crippen LogP contribution in [-0.4, -0.2) is 21.3 Å². The van der Waals surface area contributed by atoms with Gasteiger partial charge in [0.1, 0.15) is 5.75 Å². The molecule has 0 radical (unpaired) electrons. The van der Waals surface area contributed by atoms with E-state index in [1.807, 2.05) is 36.4 Å². The summed E-state index contributed by atoms with van der Waals surface area (Å²) in [4.78, 5) is 0. The number of ether oxygens (including phenoxy) is 3. The summed E-state index contributed by atoms with van der Waals surface area (Å²) in [7, 11) is 4.83. The molecule has 3 nitrogen and oxygen atoms in total. The molecule has 3 rings (SSSR count). The fourth-order valence-corrected chi connectivity index (χ4v) is 3.60. The van der Waals surface area contributed by atoms with Crippen molar-refractivity contribution < 1.29 is 14.2 Å². The highest BCUT2D eigenvalue weighted by atomic mass is 35.5. The summed E-state index contributed by atoms with van der Waals surface area (Å²) in [6.45, 7) is 0. The molecule has 1 aliphatic carbocycles. The number of hydrogen-bond acceptors (Lipinski definition) is 3. The predicted octanol–water partition coefficient (Wildman–Crippen LogP) is 5.11. The topological polar surface area (TPSA) is 27.7 Å². The van der Waals surface area contributed by atoms with Gasteiger partial charge in [-0.15, -0.1) is 11.6 Å². The van der Waals surface area contributed by atoms with E-state index in [9.17, 15) is 0 Å². The van der Waals surface area contributed by atoms with Gasteiger partial charge in [0.05, 0.1) is 31.7 Å². The van der Waals surface area contributed by atoms with E-state index in [4.69, 9.17) is 37.4 Å². The first-order valence-corrected chi connectivity index (χ1v) is 7.86. The van der Waals surface area contributed by atoms with Gasteiger partial charge in [-0.25, -0.2) is 0 Å². The van der Waals surface area contributed by atoms with Crippen molar-refractivity contribution in [3.05, 3.63) is 53.1 Å². The molecule has 1 atom stereocenters. The Balaban J connectivity index is 2.10. The predicted molar refractivity (Wildman–Crippen MR) is 93.8 cm³/mol. The van der Waals surface area contributed by atoms with Gasteiger partial charge in [0.25, 0.3) is 0 Å². The summed E-state index contributed by atoms with van der Waals surface area (Å²) < 4.78 is 15.9. The number of alkyl halides is 1. The summed E-state index contributed by atoms with van der Waals surface area (Å²) >= 11 is 13.3. The van der Waals surface area contributed by atoms with E-state index in [1.165, 1.54) is 0 Å². The highest BCUT2D eigenvalue weighted by molar-refractivity contribution is 6.55. The first-order valence-electron chi connectivity index (χ1n) is 7.05. The summed E-state index contributed by atoms with van der Waals surface area (Å²) in [5, 5.41) is 0.289. The Labute approximate surface area is 145 Å². The second-order valence-corrected chi connectivity index (χ2v) is 5.93. The van der Waals surface area contributed by atoms with E-state index in [-0.39, 0.29) is 5.38 Å². The van der Waals surface area contributed by atoms with E-state index in [0.717, 1.165) is 28.0 Å². The first-order chi connectivity index (χ1) is 11.1. The van der Waals surface area contributed by atoms with Gasteiger partial charge < -0.3 is 14.2 Å². The molecule has 0 N–H and O–H groups in total. The molecule has 1 unspecified atom stereocenters. The Hall–Kier alpha value is -1.84. The van der Waals surface area contributed by atoms with Crippen LogP contribution in [0.3, 0.4) is 0 Å². The molecule has 0 aromatic heterocycles. The number of methoxy groups -OCH3 is 3. The molecule has 1 aliphatic rings. The fraction of sp³-hybridized carbons (Fsp3) is 0.222. The molecule has 0 fully saturated rings. The highest BCUT2D eigenvalue weighted by Gasteiger charge is 2.31. The Kier molecular flexibility index (Phi) is 4.42. The second kappa shape index (κ2) is 6.34. The number of allylic oxidation sites excluding steroid dienone is 1. The highest BCUT2D eigenvalue weighted by Crippen LogP contribution is 2.53. The van der Waals surface area contributed by atoms with Gasteiger partial charge in [-0.05, 0) is 35.4 Å². The van der Waals surface area contributed by atoms with Crippen molar-refractivity contribution in [1.29, 1.82) is 0 Å². The summed E-state index contributed by atoms with van der Waals surface area (Å²) in [6, 6.07) is 11.4. The van der Waals surface area contributed by atoms with Gasteiger partial charge in [0.15, 0.2) is 11.5 Å². The second-order valence-electron chi connectivity index (χ2n) is 5.11. The molecular weight excluding hydrogens is 335 g/mol. The number of rotatable bonds is 4. The molecule has 5 heteroatoms. The molecule has 23 heavy (non-hydrogen) atoms. The molecule has 0 heterocycles. The molecule has 0 saturated carbocycles. The number of benzene rings is 2. The van der Waals surface area contributed by atoms with Crippen LogP contribution < -0.4 is 14.2 Å². The fourth-order valence-electron chi connectivity index (χ4n) is 2.75. The number of hydrogen-bond donors (Lipinski definition) is 0. The SMILES string of the molecule is COc1ccc(C2=C(Cl)c3cc(OC)c(OC)cc3C2Cl)cc1. The monoisotopic (exact) mass is 350 g/mol. The van der Waals surface area contributed by atoms with Gasteiger partial charge in [0.2, 0.25) is 0 Å². The first kappa shape index (κ1) is 16.0. The average molecular weight is 351 g/mol. The lowest BCUT2D eigenvalue weighted by Gasteiger charge is -2.12. The lowest BCUT2D eigenvalue weighted by Crippen LogP contribution is -1.95. The minimum atomic E-state index is -0.342. The third-order valence-corrected chi connectivity index (χ3v) is 4.82. The largest absolute Gasteiger partial charge is 0.497 e. The van der Waals surface area contributed by atoms with Crippen LogP contribution in [0.2, 0.25) is 0 Å². The lowest BCUT2D eigenvalue weighted by atomic mass is 10.0. The minimum Gasteiger partial charge on any atom is -0.497 e. The minimum absolute atomic E-state index is 0.342. The molecule has 2 aromatic carbocycles. The molecule has 0 aliphatic heterocycles. The Morgan fingerprint density at radius 1 is 0.870 bits per heavy atom. The van der Waals surface area contributed by atoms with Gasteiger partial charge in [-0.1, -0.05) is 23.7 Å². The van der Waals surface area contributed by atoms with Crippen LogP contribution in [0.25, 0.3) is 10.6 Å². The van der Waals surface area contributed by atoms with Crippen molar-refractivity contribution >= 4 is 33.8 Å². The van der Waals surface area contributed by atoms with Gasteiger partial charge >= 0.3 is 0 Å². The Morgan fingerprint density at radius 2 is 1.48 bits per heavy atom. The molecule has 0 saturated heterocycles. The van der Waals surface area contributed by atoms with E-state index < -0.39 is 0 Å². The molecule has 0 bridgehead atoms. The Morgan fingerprint density at radius 3 is 2.04 bits per heavy atom. The van der Waals surface area contributed by atoms with Gasteiger partial charge in [-0.2, -0.15) is 0 Å². The van der Waals surface area contributed by atoms with E-state index in [0.29, 0.717) is 16.5 Å². The Bertz CT molecular complexity index is 767. The third-order valence-electron chi connectivity index (χ3n) is 3.96. The third kappa shape index (κ3) is 2.64. The van der Waals surface area contributed by atoms with Crippen molar-refractivity contribution in [3.8, 4) is 17.2 Å². The van der Waals surface area contributed by atoms with Crippen LogP contribution >= 0.6 is 23.2 Å². The molecule has 120 valence electrons.